The quantitative estimate of drug-likeness (QED) is 0.559. The molecule has 0 aromatic rings. The molecule has 0 amide bonds. The summed E-state index contributed by atoms with van der Waals surface area (Å²) in [6.07, 6.45) is 1.02. The summed E-state index contributed by atoms with van der Waals surface area (Å²) < 4.78 is 15.8. The highest BCUT2D eigenvalue weighted by Gasteiger charge is 2.41. The van der Waals surface area contributed by atoms with Crippen LogP contribution in [0.5, 0.6) is 0 Å². The van der Waals surface area contributed by atoms with Crippen LogP contribution in [0.15, 0.2) is 0 Å². The van der Waals surface area contributed by atoms with E-state index in [0.29, 0.717) is 6.42 Å². The summed E-state index contributed by atoms with van der Waals surface area (Å²) in [7, 11) is -3.60. The van der Waals surface area contributed by atoms with E-state index in [4.69, 9.17) is 4.52 Å². The van der Waals surface area contributed by atoms with Gasteiger partial charge >= 0.3 is 7.60 Å². The molecule has 0 radical (unpaired) electrons. The smallest absolute Gasteiger partial charge is 0.323 e. The Morgan fingerprint density at radius 1 is 1.62 bits per heavy atom. The fraction of sp³-hybridized carbons (Fsp3) is 1.00. The van der Waals surface area contributed by atoms with Gasteiger partial charge in [0, 0.05) is 0 Å². The molecule has 0 heterocycles. The molecule has 3 atom stereocenters. The molecule has 0 aromatic carbocycles. The minimum absolute atomic E-state index is 0.200. The van der Waals surface area contributed by atoms with E-state index < -0.39 is 12.1 Å². The second kappa shape index (κ2) is 4.83. The van der Waals surface area contributed by atoms with E-state index in [0.717, 1.165) is 6.42 Å². The Morgan fingerprint density at radius 2 is 2.08 bits per heavy atom. The number of rotatable bonds is 5. The first-order valence-electron chi connectivity index (χ1n) is 4.50. The van der Waals surface area contributed by atoms with Crippen molar-refractivity contribution in [2.75, 3.05) is 0 Å². The third-order valence-corrected chi connectivity index (χ3v) is 5.43. The largest absolute Gasteiger partial charge is 0.343 e. The van der Waals surface area contributed by atoms with Crippen LogP contribution < -0.4 is 0 Å². The Morgan fingerprint density at radius 3 is 2.38 bits per heavy atom. The molecule has 0 aromatic heterocycles. The molecule has 0 saturated heterocycles. The SMILES string of the molecule is CCC(C)OP(=O)(O)C(C)(S)CC. The van der Waals surface area contributed by atoms with Gasteiger partial charge in [-0.3, -0.25) is 4.57 Å². The molecule has 0 spiro atoms. The van der Waals surface area contributed by atoms with Crippen LogP contribution >= 0.6 is 20.2 Å². The molecule has 0 rings (SSSR count). The maximum Gasteiger partial charge on any atom is 0.343 e. The third-order valence-electron chi connectivity index (χ3n) is 2.18. The highest BCUT2D eigenvalue weighted by molar-refractivity contribution is 7.91. The topological polar surface area (TPSA) is 46.5 Å². The highest BCUT2D eigenvalue weighted by atomic mass is 32.1. The molecule has 0 aliphatic rings. The zero-order chi connectivity index (χ0) is 10.7. The number of hydrogen-bond donors (Lipinski definition) is 2. The van der Waals surface area contributed by atoms with Crippen molar-refractivity contribution in [1.29, 1.82) is 0 Å². The van der Waals surface area contributed by atoms with Gasteiger partial charge in [0.15, 0.2) is 0 Å². The minimum atomic E-state index is -3.60. The zero-order valence-electron chi connectivity index (χ0n) is 8.65. The van der Waals surface area contributed by atoms with Crippen LogP contribution in [0.4, 0.5) is 0 Å². The van der Waals surface area contributed by atoms with Crippen molar-refractivity contribution < 1.29 is 14.0 Å². The second-order valence-corrected chi connectivity index (χ2v) is 6.99. The zero-order valence-corrected chi connectivity index (χ0v) is 10.4. The van der Waals surface area contributed by atoms with E-state index in [1.165, 1.54) is 0 Å². The van der Waals surface area contributed by atoms with Crippen LogP contribution in [-0.2, 0) is 9.09 Å². The number of thiol groups is 1. The van der Waals surface area contributed by atoms with Gasteiger partial charge in [0.2, 0.25) is 0 Å². The molecular formula is C8H19O3PS. The molecule has 0 bridgehead atoms. The van der Waals surface area contributed by atoms with Gasteiger partial charge in [-0.1, -0.05) is 13.8 Å². The van der Waals surface area contributed by atoms with Gasteiger partial charge < -0.3 is 9.42 Å². The van der Waals surface area contributed by atoms with Crippen molar-refractivity contribution in [1.82, 2.24) is 0 Å². The molecule has 0 saturated carbocycles. The molecular weight excluding hydrogens is 207 g/mol. The molecule has 13 heavy (non-hydrogen) atoms. The van der Waals surface area contributed by atoms with Crippen LogP contribution in [0, 0.1) is 0 Å². The average molecular weight is 226 g/mol. The van der Waals surface area contributed by atoms with E-state index in [1.807, 2.05) is 13.8 Å². The normalized spacial score (nSPS) is 23.2. The van der Waals surface area contributed by atoms with Crippen molar-refractivity contribution in [3.63, 3.8) is 0 Å². The Bertz CT molecular complexity index is 206. The van der Waals surface area contributed by atoms with Crippen molar-refractivity contribution in [3.05, 3.63) is 0 Å². The van der Waals surface area contributed by atoms with E-state index in [2.05, 4.69) is 12.6 Å². The van der Waals surface area contributed by atoms with Gasteiger partial charge in [0.05, 0.1) is 6.10 Å². The van der Waals surface area contributed by atoms with E-state index in [-0.39, 0.29) is 6.10 Å². The summed E-state index contributed by atoms with van der Waals surface area (Å²) in [4.78, 5) is 9.60. The van der Waals surface area contributed by atoms with Crippen LogP contribution in [0.2, 0.25) is 0 Å². The average Bonchev–Trinajstić information content (AvgIpc) is 2.03. The maximum absolute atomic E-state index is 11.7. The first kappa shape index (κ1) is 13.5. The third kappa shape index (κ3) is 3.62. The van der Waals surface area contributed by atoms with Crippen molar-refractivity contribution in [2.24, 2.45) is 0 Å². The summed E-state index contributed by atoms with van der Waals surface area (Å²) in [5, 5.41) is 0. The fourth-order valence-electron chi connectivity index (χ4n) is 0.632. The Labute approximate surface area is 85.8 Å². The summed E-state index contributed by atoms with van der Waals surface area (Å²) in [6.45, 7) is 7.13. The fourth-order valence-corrected chi connectivity index (χ4v) is 2.04. The Kier molecular flexibility index (Phi) is 5.02. The van der Waals surface area contributed by atoms with E-state index in [1.54, 1.807) is 13.8 Å². The lowest BCUT2D eigenvalue weighted by Gasteiger charge is -2.29. The van der Waals surface area contributed by atoms with Gasteiger partial charge in [0.25, 0.3) is 0 Å². The molecule has 0 fully saturated rings. The molecule has 0 aliphatic heterocycles. The van der Waals surface area contributed by atoms with Crippen LogP contribution in [0.3, 0.4) is 0 Å². The monoisotopic (exact) mass is 226 g/mol. The van der Waals surface area contributed by atoms with Crippen LogP contribution in [0.25, 0.3) is 0 Å². The first-order valence-corrected chi connectivity index (χ1v) is 6.53. The van der Waals surface area contributed by atoms with Gasteiger partial charge in [0.1, 0.15) is 4.49 Å². The first-order chi connectivity index (χ1) is 5.77. The van der Waals surface area contributed by atoms with Crippen LogP contribution in [0.1, 0.15) is 40.5 Å². The molecule has 3 unspecified atom stereocenters. The predicted molar refractivity (Wildman–Crippen MR) is 58.3 cm³/mol. The van der Waals surface area contributed by atoms with Gasteiger partial charge in [-0.15, -0.1) is 0 Å². The van der Waals surface area contributed by atoms with Crippen LogP contribution in [-0.4, -0.2) is 15.5 Å². The Balaban J connectivity index is 4.48. The van der Waals surface area contributed by atoms with Crippen molar-refractivity contribution in [3.8, 4) is 0 Å². The predicted octanol–water partition coefficient (Wildman–Crippen LogP) is 3.04. The summed E-state index contributed by atoms with van der Waals surface area (Å²) in [6, 6.07) is 0. The molecule has 3 nitrogen and oxygen atoms in total. The summed E-state index contributed by atoms with van der Waals surface area (Å²) >= 11 is 4.14. The lowest BCUT2D eigenvalue weighted by molar-refractivity contribution is 0.178. The van der Waals surface area contributed by atoms with Gasteiger partial charge in [-0.25, -0.2) is 0 Å². The van der Waals surface area contributed by atoms with Gasteiger partial charge in [-0.05, 0) is 26.7 Å². The lowest BCUT2D eigenvalue weighted by Crippen LogP contribution is -2.20. The van der Waals surface area contributed by atoms with E-state index in [9.17, 15) is 9.46 Å². The minimum Gasteiger partial charge on any atom is -0.323 e. The molecule has 5 heteroatoms. The molecule has 0 aliphatic carbocycles. The summed E-state index contributed by atoms with van der Waals surface area (Å²) in [5.41, 5.74) is 0. The molecule has 80 valence electrons. The second-order valence-electron chi connectivity index (χ2n) is 3.42. The number of hydrogen-bond acceptors (Lipinski definition) is 3. The standard InChI is InChI=1S/C8H19O3PS/c1-5-7(3)11-12(9,10)8(4,13)6-2/h7,13H,5-6H2,1-4H3,(H,9,10). The Hall–Kier alpha value is 0.500. The molecule has 1 N–H and O–H groups in total. The highest BCUT2D eigenvalue weighted by Crippen LogP contribution is 2.59. The van der Waals surface area contributed by atoms with Crippen molar-refractivity contribution >= 4 is 20.2 Å². The maximum atomic E-state index is 11.7. The van der Waals surface area contributed by atoms with Gasteiger partial charge in [-0.2, -0.15) is 12.6 Å². The van der Waals surface area contributed by atoms with Crippen molar-refractivity contribution in [2.45, 2.75) is 51.1 Å². The lowest BCUT2D eigenvalue weighted by atomic mass is 10.3. The van der Waals surface area contributed by atoms with E-state index >= 15 is 0 Å². The summed E-state index contributed by atoms with van der Waals surface area (Å²) in [5.74, 6) is 0.